The van der Waals surface area contributed by atoms with E-state index in [0.29, 0.717) is 77.9 Å². The number of H-pyrrole nitrogens is 4. The Kier molecular flexibility index (Phi) is 31.3. The number of para-hydroxylation sites is 2. The minimum absolute atomic E-state index is 0.0294. The van der Waals surface area contributed by atoms with E-state index in [-0.39, 0.29) is 37.2 Å². The van der Waals surface area contributed by atoms with Gasteiger partial charge in [-0.15, -0.1) is 0 Å². The van der Waals surface area contributed by atoms with Gasteiger partial charge in [-0.25, -0.2) is 79.5 Å². The van der Waals surface area contributed by atoms with Crippen LogP contribution in [-0.4, -0.2) is 114 Å². The topological polar surface area (TPSA) is 406 Å². The minimum atomic E-state index is -3.71. The van der Waals surface area contributed by atoms with E-state index in [2.05, 4.69) is 109 Å². The normalized spacial score (nSPS) is 10.5. The number of anilines is 10. The molecule has 0 atom stereocenters. The van der Waals surface area contributed by atoms with E-state index in [1.807, 2.05) is 66.9 Å². The van der Waals surface area contributed by atoms with Crippen molar-refractivity contribution in [3.63, 3.8) is 0 Å². The van der Waals surface area contributed by atoms with E-state index in [0.717, 1.165) is 29.4 Å². The number of hydrogen-bond donors (Lipinski definition) is 9. The van der Waals surface area contributed by atoms with Crippen LogP contribution >= 0.6 is 69.5 Å². The van der Waals surface area contributed by atoms with Crippen LogP contribution in [0.2, 0.25) is 15.5 Å². The number of benzene rings is 6. The predicted molar refractivity (Wildman–Crippen MR) is 410 cm³/mol. The SMILES string of the molecule is CS(=O)(=O)c1ccc(Nc2nccc(-c3ccc(F)cc3)n2)cc1.CS(=O)(=O)c1ccc(Nc2nccc(Cl)n2)cc1.CSc1nccc(=O)[nH]1.Clc1ccnc(Nc2ccccc2)n1.O=S(=O)(Cl)c1ccc(Nc2nccc(Cl)n2)cc1.O=c1cc[nH]c(=S)[nH]1.O=c1ccnc(Nc2ccccc2)[nH]1. The van der Waals surface area contributed by atoms with Crippen LogP contribution in [0.1, 0.15) is 0 Å². The third-order valence-electron chi connectivity index (χ3n) is 12.4. The summed E-state index contributed by atoms with van der Waals surface area (Å²) in [5.41, 5.74) is 4.79. The summed E-state index contributed by atoms with van der Waals surface area (Å²) in [4.78, 5) is 82.7. The van der Waals surface area contributed by atoms with Crippen LogP contribution in [0.4, 0.5) is 62.6 Å². The monoisotopic (exact) mass is 1590 g/mol. The Bertz CT molecular complexity index is 5410. The summed E-state index contributed by atoms with van der Waals surface area (Å²) in [5.74, 6) is 1.69. The summed E-state index contributed by atoms with van der Waals surface area (Å²) in [6.07, 6.45) is 14.9. The van der Waals surface area contributed by atoms with Crippen LogP contribution in [0.15, 0.2) is 278 Å². The zero-order valence-corrected chi connectivity index (χ0v) is 61.8. The second-order valence-electron chi connectivity index (χ2n) is 20.3. The average molecular weight is 1590 g/mol. The summed E-state index contributed by atoms with van der Waals surface area (Å²) in [6, 6.07) is 54.4. The number of aromatic nitrogens is 14. The first-order valence-corrected chi connectivity index (χ1v) is 38.6. The molecule has 0 aliphatic heterocycles. The fourth-order valence-electron chi connectivity index (χ4n) is 7.63. The molecular weight excluding hydrogens is 1540 g/mol. The molecule has 0 saturated heterocycles. The third kappa shape index (κ3) is 30.3. The number of hydrogen-bond acceptors (Lipinski definition) is 26. The molecule has 6 aromatic carbocycles. The second-order valence-corrected chi connectivity index (χ2v) is 29.3. The van der Waals surface area contributed by atoms with Crippen molar-refractivity contribution in [2.45, 2.75) is 19.8 Å². The minimum Gasteiger partial charge on any atom is -0.339 e. The number of sulfone groups is 2. The highest BCUT2D eigenvalue weighted by atomic mass is 35.7. The lowest BCUT2D eigenvalue weighted by molar-refractivity contribution is 0.600. The zero-order chi connectivity index (χ0) is 75.8. The van der Waals surface area contributed by atoms with Crippen LogP contribution in [0.3, 0.4) is 0 Å². The van der Waals surface area contributed by atoms with Crippen molar-refractivity contribution in [2.24, 2.45) is 0 Å². The number of nitrogens with one attached hydrogen (secondary N) is 9. The molecule has 9 N–H and O–H groups in total. The molecule has 0 unspecified atom stereocenters. The molecule has 38 heteroatoms. The highest BCUT2D eigenvalue weighted by Gasteiger charge is 2.12. The van der Waals surface area contributed by atoms with Crippen molar-refractivity contribution in [1.82, 2.24) is 69.8 Å². The highest BCUT2D eigenvalue weighted by Crippen LogP contribution is 2.24. The number of aromatic amines is 4. The predicted octanol–water partition coefficient (Wildman–Crippen LogP) is 13.8. The van der Waals surface area contributed by atoms with Gasteiger partial charge in [0.15, 0.2) is 29.6 Å². The summed E-state index contributed by atoms with van der Waals surface area (Å²) < 4.78 is 80.9. The van der Waals surface area contributed by atoms with Crippen LogP contribution in [-0.2, 0) is 28.7 Å². The molecule has 13 aromatic rings. The number of nitrogens with zero attached hydrogens (tertiary/aromatic N) is 10. The fourth-order valence-corrected chi connectivity index (χ4v) is 10.6. The molecule has 0 spiro atoms. The molecule has 540 valence electrons. The van der Waals surface area contributed by atoms with Crippen molar-refractivity contribution in [2.75, 3.05) is 45.4 Å². The van der Waals surface area contributed by atoms with Gasteiger partial charge in [-0.05, 0) is 164 Å². The van der Waals surface area contributed by atoms with E-state index in [9.17, 15) is 44.0 Å². The van der Waals surface area contributed by atoms with E-state index < -0.39 is 28.7 Å². The van der Waals surface area contributed by atoms with Gasteiger partial charge in [-0.2, -0.15) is 0 Å². The lowest BCUT2D eigenvalue weighted by Crippen LogP contribution is -2.07. The molecule has 7 heterocycles. The maximum Gasteiger partial charge on any atom is 0.261 e. The largest absolute Gasteiger partial charge is 0.339 e. The second kappa shape index (κ2) is 40.6. The molecule has 0 aliphatic carbocycles. The molecule has 0 bridgehead atoms. The standard InChI is InChI=1S/C17H14FN3O2S.C11H10ClN3O2S.C10H7Cl2N3O2S.C10H8ClN3.C10H9N3O.C5H6N2OS.C4H4N2OS/c1-24(22,23)15-8-6-14(7-9-15)20-17-19-11-10-16(21-17)12-2-4-13(18)5-3-12;1-18(16,17)9-4-2-8(3-5-9)14-11-13-7-6-10(12)15-11;11-9-5-6-13-10(15-9)14-7-1-3-8(4-2-7)18(12,16)17;11-9-6-7-12-10(14-9)13-8-4-2-1-3-5-8;14-9-6-7-11-10(13-9)12-8-4-2-1-3-5-8;1-9-5-6-3-2-4(8)7-5;7-3-1-2-5-4(8)6-3/h2-11H,1H3,(H,19,20,21);2-7H,1H3,(H,13,14,15);1-6H,(H,13,14,15);1-7H,(H,12,13,14);1-7H,(H2,11,12,13,14);2-3H,1H3,(H,6,7,8);1-2H,(H2,5,6,7,8). The Morgan fingerprint density at radius 2 is 0.781 bits per heavy atom. The van der Waals surface area contributed by atoms with E-state index in [1.165, 1.54) is 109 Å². The molecule has 0 amide bonds. The van der Waals surface area contributed by atoms with Crippen LogP contribution < -0.4 is 43.3 Å². The van der Waals surface area contributed by atoms with Crippen LogP contribution in [0.5, 0.6) is 0 Å². The first-order chi connectivity index (χ1) is 50.1. The van der Waals surface area contributed by atoms with Gasteiger partial charge in [-0.1, -0.05) is 83.0 Å². The Balaban J connectivity index is 0.000000175. The summed E-state index contributed by atoms with van der Waals surface area (Å²) in [7, 11) is -4.91. The average Bonchev–Trinajstić information content (AvgIpc) is 0.826. The molecule has 7 aromatic heterocycles. The highest BCUT2D eigenvalue weighted by molar-refractivity contribution is 8.13. The first-order valence-electron chi connectivity index (χ1n) is 29.7. The third-order valence-corrected chi connectivity index (χ3v) is 17.5. The Labute approximate surface area is 628 Å². The molecule has 28 nitrogen and oxygen atoms in total. The molecular formula is C67H58Cl4FN19O9S5. The Morgan fingerprint density at radius 1 is 0.410 bits per heavy atom. The molecule has 0 radical (unpaired) electrons. The fraction of sp³-hybridized carbons (Fsp3) is 0.0448. The van der Waals surface area contributed by atoms with Gasteiger partial charge in [0.05, 0.1) is 20.4 Å². The Hall–Kier alpha value is -11.2. The molecule has 0 saturated carbocycles. The van der Waals surface area contributed by atoms with Crippen molar-refractivity contribution >= 4 is 156 Å². The number of thioether (sulfide) groups is 1. The van der Waals surface area contributed by atoms with Gasteiger partial charge in [0.25, 0.3) is 25.7 Å². The van der Waals surface area contributed by atoms with Crippen molar-refractivity contribution in [3.8, 4) is 11.3 Å². The summed E-state index contributed by atoms with van der Waals surface area (Å²) >= 11 is 23.2. The van der Waals surface area contributed by atoms with Gasteiger partial charge in [0.2, 0.25) is 29.7 Å². The van der Waals surface area contributed by atoms with Crippen LogP contribution in [0, 0.1) is 10.6 Å². The van der Waals surface area contributed by atoms with Gasteiger partial charge in [0, 0.05) is 119 Å². The van der Waals surface area contributed by atoms with Crippen molar-refractivity contribution < 1.29 is 29.6 Å². The van der Waals surface area contributed by atoms with Gasteiger partial charge in [-0.3, -0.25) is 24.4 Å². The first kappa shape index (κ1) is 81.1. The Morgan fingerprint density at radius 3 is 1.14 bits per heavy atom. The zero-order valence-electron chi connectivity index (χ0n) is 54.7. The van der Waals surface area contributed by atoms with Gasteiger partial charge >= 0.3 is 0 Å². The van der Waals surface area contributed by atoms with Crippen molar-refractivity contribution in [1.29, 1.82) is 0 Å². The van der Waals surface area contributed by atoms with Crippen molar-refractivity contribution in [3.05, 3.63) is 301 Å². The molecule has 13 rings (SSSR count). The van der Waals surface area contributed by atoms with Gasteiger partial charge < -0.3 is 36.6 Å². The lowest BCUT2D eigenvalue weighted by Gasteiger charge is -2.07. The number of halogens is 5. The number of rotatable bonds is 15. The van der Waals surface area contributed by atoms with Gasteiger partial charge in [0.1, 0.15) is 21.3 Å². The van der Waals surface area contributed by atoms with Crippen LogP contribution in [0.25, 0.3) is 11.3 Å². The molecule has 0 aliphatic rings. The quantitative estimate of drug-likeness (QED) is 0.0151. The van der Waals surface area contributed by atoms with E-state index in [1.54, 1.807) is 85.2 Å². The molecule has 105 heavy (non-hydrogen) atoms. The summed E-state index contributed by atoms with van der Waals surface area (Å²) in [6.45, 7) is 0. The lowest BCUT2D eigenvalue weighted by atomic mass is 10.1. The van der Waals surface area contributed by atoms with E-state index in [4.69, 9.17) is 45.5 Å². The van der Waals surface area contributed by atoms with E-state index >= 15 is 0 Å². The maximum atomic E-state index is 13.0. The maximum absolute atomic E-state index is 13.0. The molecule has 0 fully saturated rings. The smallest absolute Gasteiger partial charge is 0.261 e. The summed E-state index contributed by atoms with van der Waals surface area (Å²) in [5, 5.41) is 16.6.